The van der Waals surface area contributed by atoms with Gasteiger partial charge in [0.1, 0.15) is 0 Å². The molecule has 0 bridgehead atoms. The van der Waals surface area contributed by atoms with E-state index in [1.165, 1.54) is 0 Å². The third-order valence-electron chi connectivity index (χ3n) is 1.50. The average Bonchev–Trinajstić information content (AvgIpc) is 1.95. The summed E-state index contributed by atoms with van der Waals surface area (Å²) in [6.07, 6.45) is 0. The fourth-order valence-electron chi connectivity index (χ4n) is 0.750. The van der Waals surface area contributed by atoms with Crippen LogP contribution in [0, 0.1) is 0 Å². The second-order valence-corrected chi connectivity index (χ2v) is 5.25. The minimum atomic E-state index is -1.69. The van der Waals surface area contributed by atoms with E-state index in [9.17, 15) is 0 Å². The summed E-state index contributed by atoms with van der Waals surface area (Å²) in [5.41, 5.74) is 0. The summed E-state index contributed by atoms with van der Waals surface area (Å²) in [6.45, 7) is 0. The van der Waals surface area contributed by atoms with E-state index >= 15 is 0 Å². The first-order valence-electron chi connectivity index (χ1n) is 3.00. The largest absolute Gasteiger partial charge is 0.365 e. The molecular weight excluding hydrogens is 132 g/mol. The van der Waals surface area contributed by atoms with Crippen molar-refractivity contribution >= 4 is 8.72 Å². The summed E-state index contributed by atoms with van der Waals surface area (Å²) in [5, 5.41) is 0. The molecule has 56 valence electrons. The molecule has 0 saturated heterocycles. The van der Waals surface area contributed by atoms with Crippen molar-refractivity contribution in [3.63, 3.8) is 0 Å². The van der Waals surface area contributed by atoms with Crippen LogP contribution in [0.3, 0.4) is 0 Å². The molecule has 0 aliphatic carbocycles. The van der Waals surface area contributed by atoms with E-state index in [4.69, 9.17) is 0 Å². The van der Waals surface area contributed by atoms with Gasteiger partial charge in [0.05, 0.1) is 0 Å². The van der Waals surface area contributed by atoms with Gasteiger partial charge >= 0.3 is 8.72 Å². The highest BCUT2D eigenvalue weighted by molar-refractivity contribution is 6.69. The van der Waals surface area contributed by atoms with Crippen LogP contribution in [0.4, 0.5) is 0 Å². The van der Waals surface area contributed by atoms with Crippen LogP contribution in [0.5, 0.6) is 0 Å². The molecule has 0 aliphatic heterocycles. The van der Waals surface area contributed by atoms with E-state index in [1.54, 1.807) is 0 Å². The molecule has 0 saturated carbocycles. The van der Waals surface area contributed by atoms with E-state index in [0.717, 1.165) is 0 Å². The van der Waals surface area contributed by atoms with E-state index < -0.39 is 8.72 Å². The first kappa shape index (κ1) is 9.06. The summed E-state index contributed by atoms with van der Waals surface area (Å²) in [4.78, 5) is 12.7. The Balaban J connectivity index is 3.82. The fraction of sp³-hybridized carbons (Fsp3) is 1.00. The molecular formula is C4H16N4Si. The van der Waals surface area contributed by atoms with Crippen LogP contribution in [0.1, 0.15) is 0 Å². The monoisotopic (exact) mass is 148 g/mol. The number of rotatable bonds is 4. The molecule has 0 aromatic rings. The minimum absolute atomic E-state index is 1.69. The molecule has 0 fully saturated rings. The van der Waals surface area contributed by atoms with Gasteiger partial charge in [-0.05, 0) is 28.2 Å². The van der Waals surface area contributed by atoms with Crippen LogP contribution in [0.25, 0.3) is 0 Å². The highest BCUT2D eigenvalue weighted by Crippen LogP contribution is 1.72. The molecule has 0 atom stereocenters. The molecule has 0 amide bonds. The predicted molar refractivity (Wildman–Crippen MR) is 42.0 cm³/mol. The van der Waals surface area contributed by atoms with Crippen molar-refractivity contribution in [1.82, 2.24) is 19.9 Å². The first-order chi connectivity index (χ1) is 4.24. The van der Waals surface area contributed by atoms with Crippen LogP contribution < -0.4 is 19.9 Å². The smallest absolute Gasteiger partial charge is 0.303 e. The van der Waals surface area contributed by atoms with Crippen molar-refractivity contribution < 1.29 is 0 Å². The molecule has 0 aliphatic rings. The topological polar surface area (TPSA) is 48.1 Å². The zero-order valence-corrected chi connectivity index (χ0v) is 7.50. The molecule has 0 radical (unpaired) electrons. The lowest BCUT2D eigenvalue weighted by Gasteiger charge is -2.27. The Bertz CT molecular complexity index is 55.5. The van der Waals surface area contributed by atoms with Crippen LogP contribution >= 0.6 is 0 Å². The summed E-state index contributed by atoms with van der Waals surface area (Å²) in [6, 6.07) is 0. The van der Waals surface area contributed by atoms with E-state index in [1.807, 2.05) is 28.2 Å². The second kappa shape index (κ2) is 3.97. The lowest BCUT2D eigenvalue weighted by Crippen LogP contribution is -2.77. The zero-order valence-electron chi connectivity index (χ0n) is 6.50. The maximum absolute atomic E-state index is 3.17. The Labute approximate surface area is 57.7 Å². The van der Waals surface area contributed by atoms with Crippen LogP contribution in [-0.4, -0.2) is 36.9 Å². The van der Waals surface area contributed by atoms with Gasteiger partial charge in [-0.3, -0.25) is 0 Å². The zero-order chi connectivity index (χ0) is 7.33. The number of hydrogen-bond donors (Lipinski definition) is 4. The van der Waals surface area contributed by atoms with Crippen molar-refractivity contribution in [2.24, 2.45) is 0 Å². The van der Waals surface area contributed by atoms with Crippen LogP contribution in [0.15, 0.2) is 0 Å². The molecule has 0 aromatic heterocycles. The van der Waals surface area contributed by atoms with Crippen molar-refractivity contribution in [2.75, 3.05) is 28.2 Å². The Morgan fingerprint density at radius 1 is 0.667 bits per heavy atom. The van der Waals surface area contributed by atoms with Gasteiger partial charge in [-0.2, -0.15) is 0 Å². The van der Waals surface area contributed by atoms with Crippen molar-refractivity contribution in [3.8, 4) is 0 Å². The molecule has 0 aromatic carbocycles. The Hall–Kier alpha value is 0.0569. The SMILES string of the molecule is CN[Si](NC)(NC)NC. The minimum Gasteiger partial charge on any atom is -0.303 e. The van der Waals surface area contributed by atoms with Gasteiger partial charge in [-0.1, -0.05) is 0 Å². The maximum Gasteiger partial charge on any atom is 0.365 e. The summed E-state index contributed by atoms with van der Waals surface area (Å²) >= 11 is 0. The van der Waals surface area contributed by atoms with Crippen molar-refractivity contribution in [3.05, 3.63) is 0 Å². The Kier molecular flexibility index (Phi) is 3.99. The standard InChI is InChI=1S/C4H16N4Si/c1-5-9(6-2,7-3)8-4/h5-8H,1-4H3. The molecule has 9 heavy (non-hydrogen) atoms. The van der Waals surface area contributed by atoms with Gasteiger partial charge in [0.25, 0.3) is 0 Å². The van der Waals surface area contributed by atoms with Crippen molar-refractivity contribution in [1.29, 1.82) is 0 Å². The van der Waals surface area contributed by atoms with Crippen LogP contribution in [0.2, 0.25) is 0 Å². The third-order valence-corrected chi connectivity index (χ3v) is 4.50. The summed E-state index contributed by atoms with van der Waals surface area (Å²) in [5.74, 6) is 0. The lowest BCUT2D eigenvalue weighted by atomic mass is 11.6. The number of nitrogens with one attached hydrogen (secondary N) is 4. The first-order valence-corrected chi connectivity index (χ1v) is 5.00. The van der Waals surface area contributed by atoms with Gasteiger partial charge in [0, 0.05) is 0 Å². The summed E-state index contributed by atoms with van der Waals surface area (Å²) in [7, 11) is 6.01. The highest BCUT2D eigenvalue weighted by atomic mass is 28.4. The van der Waals surface area contributed by atoms with Gasteiger partial charge in [-0.15, -0.1) is 0 Å². The van der Waals surface area contributed by atoms with Crippen LogP contribution in [-0.2, 0) is 0 Å². The second-order valence-electron chi connectivity index (χ2n) is 1.75. The van der Waals surface area contributed by atoms with Gasteiger partial charge in [-0.25, -0.2) is 0 Å². The molecule has 0 unspecified atom stereocenters. The molecule has 5 heteroatoms. The van der Waals surface area contributed by atoms with Crippen molar-refractivity contribution in [2.45, 2.75) is 0 Å². The molecule has 0 spiro atoms. The number of hydrogen-bond acceptors (Lipinski definition) is 4. The quantitative estimate of drug-likeness (QED) is 0.359. The Morgan fingerprint density at radius 2 is 0.889 bits per heavy atom. The van der Waals surface area contributed by atoms with Gasteiger partial charge in [0.15, 0.2) is 0 Å². The lowest BCUT2D eigenvalue weighted by molar-refractivity contribution is 0.838. The highest BCUT2D eigenvalue weighted by Gasteiger charge is 2.26. The summed E-state index contributed by atoms with van der Waals surface area (Å²) < 4.78 is 0. The van der Waals surface area contributed by atoms with E-state index in [-0.39, 0.29) is 0 Å². The fourth-order valence-corrected chi connectivity index (χ4v) is 2.25. The maximum atomic E-state index is 3.17. The molecule has 0 rings (SSSR count). The van der Waals surface area contributed by atoms with Gasteiger partial charge in [0.2, 0.25) is 0 Å². The Morgan fingerprint density at radius 3 is 0.889 bits per heavy atom. The van der Waals surface area contributed by atoms with E-state index in [2.05, 4.69) is 19.9 Å². The molecule has 4 N–H and O–H groups in total. The normalized spacial score (nSPS) is 12.0. The molecule has 0 heterocycles. The van der Waals surface area contributed by atoms with Gasteiger partial charge < -0.3 is 19.9 Å². The predicted octanol–water partition coefficient (Wildman–Crippen LogP) is -1.70. The third kappa shape index (κ3) is 2.03. The van der Waals surface area contributed by atoms with E-state index in [0.29, 0.717) is 0 Å². The molecule has 4 nitrogen and oxygen atoms in total. The average molecular weight is 148 g/mol.